The number of rotatable bonds is 4. The molecule has 0 aliphatic heterocycles. The topological polar surface area (TPSA) is 106 Å². The molecule has 9 heteroatoms. The highest BCUT2D eigenvalue weighted by atomic mass is 32.1. The molecule has 0 bridgehead atoms. The highest BCUT2D eigenvalue weighted by Crippen LogP contribution is 2.27. The molecule has 0 fully saturated rings. The molecule has 3 amide bonds. The van der Waals surface area contributed by atoms with E-state index in [9.17, 15) is 9.59 Å². The molecular formula is C19H23N5O3S. The van der Waals surface area contributed by atoms with Gasteiger partial charge in [-0.3, -0.25) is 25.4 Å². The minimum Gasteiger partial charge on any atom is -0.456 e. The van der Waals surface area contributed by atoms with E-state index in [-0.39, 0.29) is 8.76 Å². The van der Waals surface area contributed by atoms with Crippen molar-refractivity contribution in [3.63, 3.8) is 0 Å². The maximum absolute atomic E-state index is 11.9. The zero-order valence-electron chi connectivity index (χ0n) is 15.6. The Hall–Kier alpha value is -3.33. The van der Waals surface area contributed by atoms with Gasteiger partial charge in [0, 0.05) is 26.7 Å². The number of thiazole rings is 1. The molecule has 3 aromatic rings. The summed E-state index contributed by atoms with van der Waals surface area (Å²) in [6.45, 7) is 5.17. The third-order valence-electron chi connectivity index (χ3n) is 3.54. The second-order valence-corrected chi connectivity index (χ2v) is 7.77. The number of hydrogen-bond acceptors (Lipinski definition) is 7. The van der Waals surface area contributed by atoms with Gasteiger partial charge in [-0.1, -0.05) is 20.8 Å². The number of hydrogen-bond donors (Lipinski definition) is 2. The van der Waals surface area contributed by atoms with Crippen molar-refractivity contribution in [2.75, 3.05) is 5.32 Å². The molecule has 3 aromatic heterocycles. The molecular weight excluding hydrogens is 378 g/mol. The van der Waals surface area contributed by atoms with E-state index >= 15 is 0 Å². The lowest BCUT2D eigenvalue weighted by Crippen LogP contribution is -2.41. The number of pyridine rings is 2. The number of imide groups is 1. The van der Waals surface area contributed by atoms with E-state index in [0.29, 0.717) is 17.3 Å². The standard InChI is InChI=1S/C19H19N5O3S.2H2/c1-19(2,3)17(25)24-18(26)23-16-5-4-13(9-22-16)27-12-6-7-21-14(8-12)15-10-20-11-28-15;;/h4-11H,1-3H3,(H2,22,23,24,25,26);2*1H. The summed E-state index contributed by atoms with van der Waals surface area (Å²) >= 11 is 1.49. The minimum absolute atomic E-state index is 0. The summed E-state index contributed by atoms with van der Waals surface area (Å²) in [4.78, 5) is 37.1. The maximum atomic E-state index is 11.9. The van der Waals surface area contributed by atoms with Gasteiger partial charge in [-0.25, -0.2) is 9.78 Å². The number of carbonyl (C=O) groups is 2. The average Bonchev–Trinajstić information content (AvgIpc) is 3.17. The Bertz CT molecular complexity index is 977. The molecule has 0 saturated heterocycles. The van der Waals surface area contributed by atoms with Crippen LogP contribution in [0.15, 0.2) is 48.4 Å². The van der Waals surface area contributed by atoms with Crippen molar-refractivity contribution in [3.8, 4) is 22.1 Å². The van der Waals surface area contributed by atoms with Crippen LogP contribution < -0.4 is 15.4 Å². The fraction of sp³-hybridized carbons (Fsp3) is 0.211. The van der Waals surface area contributed by atoms with E-state index in [4.69, 9.17) is 4.74 Å². The molecule has 3 heterocycles. The second kappa shape index (κ2) is 8.13. The third-order valence-corrected chi connectivity index (χ3v) is 4.33. The van der Waals surface area contributed by atoms with Crippen LogP contribution in [0.3, 0.4) is 0 Å². The first-order valence-corrected chi connectivity index (χ1v) is 9.30. The molecule has 2 N–H and O–H groups in total. The first kappa shape index (κ1) is 19.4. The lowest BCUT2D eigenvalue weighted by atomic mass is 9.96. The average molecular weight is 401 g/mol. The lowest BCUT2D eigenvalue weighted by Gasteiger charge is -2.16. The van der Waals surface area contributed by atoms with Crippen LogP contribution in [0.1, 0.15) is 23.6 Å². The van der Waals surface area contributed by atoms with E-state index < -0.39 is 11.4 Å². The zero-order chi connectivity index (χ0) is 20.1. The van der Waals surface area contributed by atoms with Crippen molar-refractivity contribution < 1.29 is 17.2 Å². The van der Waals surface area contributed by atoms with E-state index in [2.05, 4.69) is 25.6 Å². The molecule has 8 nitrogen and oxygen atoms in total. The minimum atomic E-state index is -0.662. The molecule has 0 spiro atoms. The number of ether oxygens (including phenoxy) is 1. The van der Waals surface area contributed by atoms with Gasteiger partial charge >= 0.3 is 6.03 Å². The van der Waals surface area contributed by atoms with Crippen LogP contribution in [0.5, 0.6) is 11.5 Å². The van der Waals surface area contributed by atoms with Crippen LogP contribution in [0, 0.1) is 5.41 Å². The molecule has 0 aliphatic rings. The quantitative estimate of drug-likeness (QED) is 0.663. The Morgan fingerprint density at radius 3 is 2.57 bits per heavy atom. The molecule has 148 valence electrons. The highest BCUT2D eigenvalue weighted by Gasteiger charge is 2.23. The van der Waals surface area contributed by atoms with Gasteiger partial charge in [0.2, 0.25) is 5.91 Å². The summed E-state index contributed by atoms with van der Waals surface area (Å²) in [6.07, 6.45) is 4.88. The number of nitrogens with one attached hydrogen (secondary N) is 2. The smallest absolute Gasteiger partial charge is 0.327 e. The van der Waals surface area contributed by atoms with Crippen molar-refractivity contribution in [1.82, 2.24) is 20.3 Å². The fourth-order valence-electron chi connectivity index (χ4n) is 2.04. The van der Waals surface area contributed by atoms with Crippen molar-refractivity contribution in [2.45, 2.75) is 20.8 Å². The second-order valence-electron chi connectivity index (χ2n) is 6.88. The van der Waals surface area contributed by atoms with Gasteiger partial charge in [0.15, 0.2) is 0 Å². The number of amides is 3. The van der Waals surface area contributed by atoms with Crippen molar-refractivity contribution in [3.05, 3.63) is 48.4 Å². The van der Waals surface area contributed by atoms with Gasteiger partial charge in [0.1, 0.15) is 17.3 Å². The Morgan fingerprint density at radius 1 is 1.11 bits per heavy atom. The SMILES string of the molecule is CC(C)(C)C(=O)NC(=O)Nc1ccc(Oc2ccnc(-c3cncs3)c2)cn1.[HH].[HH]. The van der Waals surface area contributed by atoms with Crippen molar-refractivity contribution >= 4 is 29.1 Å². The number of aromatic nitrogens is 3. The number of nitrogens with zero attached hydrogens (tertiary/aromatic N) is 3. The first-order valence-electron chi connectivity index (χ1n) is 8.42. The monoisotopic (exact) mass is 401 g/mol. The number of anilines is 1. The number of carbonyl (C=O) groups excluding carboxylic acids is 2. The maximum Gasteiger partial charge on any atom is 0.327 e. The van der Waals surface area contributed by atoms with E-state index in [0.717, 1.165) is 10.6 Å². The predicted octanol–water partition coefficient (Wildman–Crippen LogP) is 4.58. The van der Waals surface area contributed by atoms with Gasteiger partial charge < -0.3 is 4.74 Å². The third kappa shape index (κ3) is 5.10. The molecule has 0 aromatic carbocycles. The van der Waals surface area contributed by atoms with E-state index in [1.165, 1.54) is 17.5 Å². The van der Waals surface area contributed by atoms with Crippen molar-refractivity contribution in [1.29, 1.82) is 0 Å². The van der Waals surface area contributed by atoms with Gasteiger partial charge in [-0.2, -0.15) is 0 Å². The van der Waals surface area contributed by atoms with Crippen LogP contribution in [0.25, 0.3) is 10.6 Å². The van der Waals surface area contributed by atoms with Gasteiger partial charge in [-0.05, 0) is 18.2 Å². The van der Waals surface area contributed by atoms with Crippen LogP contribution in [0.2, 0.25) is 0 Å². The molecule has 3 rings (SSSR count). The van der Waals surface area contributed by atoms with Crippen LogP contribution >= 0.6 is 11.3 Å². The zero-order valence-corrected chi connectivity index (χ0v) is 16.4. The van der Waals surface area contributed by atoms with E-state index in [1.807, 2.05) is 6.07 Å². The molecule has 0 saturated carbocycles. The summed E-state index contributed by atoms with van der Waals surface area (Å²) < 4.78 is 5.79. The molecule has 0 radical (unpaired) electrons. The number of urea groups is 1. The lowest BCUT2D eigenvalue weighted by molar-refractivity contribution is -0.127. The molecule has 28 heavy (non-hydrogen) atoms. The van der Waals surface area contributed by atoms with Crippen LogP contribution in [0.4, 0.5) is 10.6 Å². The predicted molar refractivity (Wildman–Crippen MR) is 111 cm³/mol. The van der Waals surface area contributed by atoms with Gasteiger partial charge in [0.25, 0.3) is 0 Å². The summed E-state index contributed by atoms with van der Waals surface area (Å²) in [5.41, 5.74) is 1.85. The van der Waals surface area contributed by atoms with E-state index in [1.54, 1.807) is 56.9 Å². The van der Waals surface area contributed by atoms with Gasteiger partial charge in [0.05, 0.1) is 22.3 Å². The molecule has 0 unspecified atom stereocenters. The van der Waals surface area contributed by atoms with Crippen LogP contribution in [-0.4, -0.2) is 26.9 Å². The Kier molecular flexibility index (Phi) is 5.65. The molecule has 0 aliphatic carbocycles. The normalized spacial score (nSPS) is 11.0. The largest absolute Gasteiger partial charge is 0.456 e. The fourth-order valence-corrected chi connectivity index (χ4v) is 2.63. The summed E-state index contributed by atoms with van der Waals surface area (Å²) in [5, 5.41) is 4.78. The first-order chi connectivity index (χ1) is 13.3. The Labute approximate surface area is 169 Å². The van der Waals surface area contributed by atoms with Crippen LogP contribution in [-0.2, 0) is 4.79 Å². The Morgan fingerprint density at radius 2 is 1.93 bits per heavy atom. The van der Waals surface area contributed by atoms with Gasteiger partial charge in [-0.15, -0.1) is 11.3 Å². The highest BCUT2D eigenvalue weighted by molar-refractivity contribution is 7.13. The molecule has 0 atom stereocenters. The summed E-state index contributed by atoms with van der Waals surface area (Å²) in [6, 6.07) is 6.17. The van der Waals surface area contributed by atoms with Crippen molar-refractivity contribution in [2.24, 2.45) is 5.41 Å². The summed E-state index contributed by atoms with van der Waals surface area (Å²) in [7, 11) is 0. The summed E-state index contributed by atoms with van der Waals surface area (Å²) in [5.74, 6) is 1.03. The Balaban J connectivity index is 0.00000225.